The standard InChI is InChI=1S/C26H33N3O2/c1-4-5-26(31)29-18-16-28(17-19-29)24-13-11-23(12-14-24)27-25(30)15-8-21-6-9-22(10-7-21)20(2)3/h6-15,20H,4-5,16-19H2,1-3H3,(H,27,30). The van der Waals surface area contributed by atoms with Gasteiger partial charge in [-0.15, -0.1) is 0 Å². The molecule has 1 N–H and O–H groups in total. The molecular formula is C26H33N3O2. The zero-order valence-corrected chi connectivity index (χ0v) is 18.8. The minimum atomic E-state index is -0.149. The van der Waals surface area contributed by atoms with E-state index in [0.29, 0.717) is 12.3 Å². The summed E-state index contributed by atoms with van der Waals surface area (Å²) in [5.74, 6) is 0.601. The second-order valence-electron chi connectivity index (χ2n) is 8.31. The van der Waals surface area contributed by atoms with E-state index in [2.05, 4.69) is 36.2 Å². The molecule has 1 fully saturated rings. The lowest BCUT2D eigenvalue weighted by atomic mass is 10.0. The van der Waals surface area contributed by atoms with Crippen LogP contribution in [-0.4, -0.2) is 42.9 Å². The van der Waals surface area contributed by atoms with Gasteiger partial charge in [0.1, 0.15) is 0 Å². The Morgan fingerprint density at radius 2 is 1.61 bits per heavy atom. The number of nitrogens with one attached hydrogen (secondary N) is 1. The van der Waals surface area contributed by atoms with Gasteiger partial charge in [-0.3, -0.25) is 9.59 Å². The Labute approximate surface area is 185 Å². The SMILES string of the molecule is CCCC(=O)N1CCN(c2ccc(NC(=O)C=Cc3ccc(C(C)C)cc3)cc2)CC1. The van der Waals surface area contributed by atoms with Crippen molar-refractivity contribution in [1.82, 2.24) is 4.90 Å². The van der Waals surface area contributed by atoms with Gasteiger partial charge in [-0.2, -0.15) is 0 Å². The molecule has 31 heavy (non-hydrogen) atoms. The van der Waals surface area contributed by atoms with Crippen molar-refractivity contribution in [2.24, 2.45) is 0 Å². The number of nitrogens with zero attached hydrogens (tertiary/aromatic N) is 2. The van der Waals surface area contributed by atoms with E-state index in [1.165, 1.54) is 5.56 Å². The van der Waals surface area contributed by atoms with Crippen molar-refractivity contribution in [1.29, 1.82) is 0 Å². The molecule has 1 heterocycles. The maximum atomic E-state index is 12.3. The van der Waals surface area contributed by atoms with Gasteiger partial charge in [-0.25, -0.2) is 0 Å². The predicted molar refractivity (Wildman–Crippen MR) is 128 cm³/mol. The monoisotopic (exact) mass is 419 g/mol. The van der Waals surface area contributed by atoms with Crippen LogP contribution >= 0.6 is 0 Å². The summed E-state index contributed by atoms with van der Waals surface area (Å²) in [7, 11) is 0. The lowest BCUT2D eigenvalue weighted by Crippen LogP contribution is -2.48. The predicted octanol–water partition coefficient (Wildman–Crippen LogP) is 4.91. The normalized spacial score (nSPS) is 14.3. The molecule has 0 unspecified atom stereocenters. The van der Waals surface area contributed by atoms with Gasteiger partial charge < -0.3 is 15.1 Å². The van der Waals surface area contributed by atoms with Crippen molar-refractivity contribution >= 4 is 29.3 Å². The number of piperazine rings is 1. The van der Waals surface area contributed by atoms with Crippen LogP contribution in [0.3, 0.4) is 0 Å². The largest absolute Gasteiger partial charge is 0.368 e. The Bertz CT molecular complexity index is 893. The van der Waals surface area contributed by atoms with Gasteiger partial charge in [0.15, 0.2) is 0 Å². The zero-order valence-electron chi connectivity index (χ0n) is 18.8. The first-order valence-corrected chi connectivity index (χ1v) is 11.2. The van der Waals surface area contributed by atoms with E-state index in [9.17, 15) is 9.59 Å². The Balaban J connectivity index is 1.50. The van der Waals surface area contributed by atoms with Gasteiger partial charge in [-0.05, 0) is 53.8 Å². The van der Waals surface area contributed by atoms with Crippen LogP contribution in [0.2, 0.25) is 0 Å². The van der Waals surface area contributed by atoms with Gasteiger partial charge in [0.05, 0.1) is 0 Å². The minimum absolute atomic E-state index is 0.149. The molecule has 0 aromatic heterocycles. The average molecular weight is 420 g/mol. The molecule has 0 aliphatic carbocycles. The molecule has 2 aromatic carbocycles. The highest BCUT2D eigenvalue weighted by Crippen LogP contribution is 2.20. The summed E-state index contributed by atoms with van der Waals surface area (Å²) in [5, 5.41) is 2.91. The topological polar surface area (TPSA) is 52.7 Å². The third-order valence-corrected chi connectivity index (χ3v) is 5.63. The van der Waals surface area contributed by atoms with Crippen molar-refractivity contribution in [3.63, 3.8) is 0 Å². The van der Waals surface area contributed by atoms with Gasteiger partial charge in [0, 0.05) is 50.1 Å². The summed E-state index contributed by atoms with van der Waals surface area (Å²) >= 11 is 0. The minimum Gasteiger partial charge on any atom is -0.368 e. The van der Waals surface area contributed by atoms with E-state index in [1.54, 1.807) is 6.08 Å². The number of rotatable bonds is 7. The molecule has 1 saturated heterocycles. The maximum Gasteiger partial charge on any atom is 0.248 e. The third kappa shape index (κ3) is 6.45. The summed E-state index contributed by atoms with van der Waals surface area (Å²) in [6, 6.07) is 16.1. The first-order valence-electron chi connectivity index (χ1n) is 11.2. The number of hydrogen-bond donors (Lipinski definition) is 1. The fourth-order valence-corrected chi connectivity index (χ4v) is 3.69. The molecule has 2 aromatic rings. The Hall–Kier alpha value is -3.08. The fraction of sp³-hybridized carbons (Fsp3) is 0.385. The van der Waals surface area contributed by atoms with Crippen molar-refractivity contribution in [2.45, 2.75) is 39.5 Å². The van der Waals surface area contributed by atoms with Crippen LogP contribution in [-0.2, 0) is 9.59 Å². The first-order chi connectivity index (χ1) is 15.0. The van der Waals surface area contributed by atoms with Gasteiger partial charge >= 0.3 is 0 Å². The summed E-state index contributed by atoms with van der Waals surface area (Å²) in [5.41, 5.74) is 4.17. The molecule has 0 atom stereocenters. The summed E-state index contributed by atoms with van der Waals surface area (Å²) < 4.78 is 0. The molecule has 5 heteroatoms. The number of anilines is 2. The Morgan fingerprint density at radius 3 is 2.19 bits per heavy atom. The third-order valence-electron chi connectivity index (χ3n) is 5.63. The summed E-state index contributed by atoms with van der Waals surface area (Å²) in [6.45, 7) is 9.56. The van der Waals surface area contributed by atoms with E-state index in [0.717, 1.165) is 49.5 Å². The van der Waals surface area contributed by atoms with Crippen LogP contribution in [0.4, 0.5) is 11.4 Å². The molecule has 0 saturated carbocycles. The number of benzene rings is 2. The summed E-state index contributed by atoms with van der Waals surface area (Å²) in [4.78, 5) is 28.5. The van der Waals surface area contributed by atoms with E-state index in [4.69, 9.17) is 0 Å². The van der Waals surface area contributed by atoms with Gasteiger partial charge in [-0.1, -0.05) is 45.0 Å². The van der Waals surface area contributed by atoms with Crippen LogP contribution in [0.25, 0.3) is 6.08 Å². The highest BCUT2D eigenvalue weighted by molar-refractivity contribution is 6.02. The smallest absolute Gasteiger partial charge is 0.248 e. The van der Waals surface area contributed by atoms with Crippen molar-refractivity contribution in [2.75, 3.05) is 36.4 Å². The van der Waals surface area contributed by atoms with E-state index in [-0.39, 0.29) is 11.8 Å². The highest BCUT2D eigenvalue weighted by Gasteiger charge is 2.20. The second-order valence-corrected chi connectivity index (χ2v) is 8.31. The molecule has 0 spiro atoms. The molecule has 0 bridgehead atoms. The molecule has 5 nitrogen and oxygen atoms in total. The van der Waals surface area contributed by atoms with Crippen LogP contribution < -0.4 is 10.2 Å². The number of carbonyl (C=O) groups is 2. The Kier molecular flexibility index (Phi) is 7.88. The Morgan fingerprint density at radius 1 is 0.968 bits per heavy atom. The van der Waals surface area contributed by atoms with Crippen LogP contribution in [0.1, 0.15) is 50.7 Å². The van der Waals surface area contributed by atoms with Crippen molar-refractivity contribution in [3.8, 4) is 0 Å². The molecule has 3 rings (SSSR count). The van der Waals surface area contributed by atoms with Crippen LogP contribution in [0.5, 0.6) is 0 Å². The number of hydrogen-bond acceptors (Lipinski definition) is 3. The molecule has 1 aliphatic rings. The van der Waals surface area contributed by atoms with E-state index in [1.807, 2.05) is 54.3 Å². The lowest BCUT2D eigenvalue weighted by Gasteiger charge is -2.36. The number of carbonyl (C=O) groups excluding carboxylic acids is 2. The first kappa shape index (κ1) is 22.6. The van der Waals surface area contributed by atoms with Crippen molar-refractivity contribution in [3.05, 3.63) is 65.7 Å². The maximum absolute atomic E-state index is 12.3. The fourth-order valence-electron chi connectivity index (χ4n) is 3.69. The van der Waals surface area contributed by atoms with Crippen LogP contribution in [0, 0.1) is 0 Å². The molecular weight excluding hydrogens is 386 g/mol. The highest BCUT2D eigenvalue weighted by atomic mass is 16.2. The zero-order chi connectivity index (χ0) is 22.2. The van der Waals surface area contributed by atoms with Crippen molar-refractivity contribution < 1.29 is 9.59 Å². The second kappa shape index (κ2) is 10.8. The summed E-state index contributed by atoms with van der Waals surface area (Å²) in [6.07, 6.45) is 4.91. The average Bonchev–Trinajstić information content (AvgIpc) is 2.79. The lowest BCUT2D eigenvalue weighted by molar-refractivity contribution is -0.131. The molecule has 0 radical (unpaired) electrons. The molecule has 2 amide bonds. The van der Waals surface area contributed by atoms with E-state index >= 15 is 0 Å². The van der Waals surface area contributed by atoms with Gasteiger partial charge in [0.2, 0.25) is 11.8 Å². The van der Waals surface area contributed by atoms with Gasteiger partial charge in [0.25, 0.3) is 0 Å². The van der Waals surface area contributed by atoms with E-state index < -0.39 is 0 Å². The number of amides is 2. The molecule has 164 valence electrons. The quantitative estimate of drug-likeness (QED) is 0.649. The molecule has 1 aliphatic heterocycles. The van der Waals surface area contributed by atoms with Crippen LogP contribution in [0.15, 0.2) is 54.6 Å².